The Hall–Kier alpha value is -2.89. The summed E-state index contributed by atoms with van der Waals surface area (Å²) in [6.45, 7) is 5.26. The zero-order valence-corrected chi connectivity index (χ0v) is 15.6. The number of hydrogen-bond donors (Lipinski definition) is 1. The molecule has 138 valence electrons. The van der Waals surface area contributed by atoms with Gasteiger partial charge >= 0.3 is 0 Å². The molecular weight excluding hydrogens is 332 g/mol. The molecule has 0 radical (unpaired) electrons. The summed E-state index contributed by atoms with van der Waals surface area (Å²) in [5, 5.41) is 0. The first kappa shape index (κ1) is 17.9. The molecule has 3 rings (SSSR count). The first-order valence-corrected chi connectivity index (χ1v) is 8.71. The molecule has 0 bridgehead atoms. The fourth-order valence-corrected chi connectivity index (χ4v) is 2.73. The van der Waals surface area contributed by atoms with E-state index in [1.165, 1.54) is 0 Å². The maximum absolute atomic E-state index is 5.76. The van der Waals surface area contributed by atoms with Crippen LogP contribution in [-0.2, 0) is 0 Å². The highest BCUT2D eigenvalue weighted by atomic mass is 16.5. The van der Waals surface area contributed by atoms with Crippen LogP contribution in [0, 0.1) is 0 Å². The van der Waals surface area contributed by atoms with E-state index in [1.54, 1.807) is 14.2 Å². The summed E-state index contributed by atoms with van der Waals surface area (Å²) < 4.78 is 22.2. The predicted molar refractivity (Wildman–Crippen MR) is 102 cm³/mol. The lowest BCUT2D eigenvalue weighted by molar-refractivity contribution is 0.277. The molecule has 0 atom stereocenters. The minimum absolute atomic E-state index is 0.570. The highest BCUT2D eigenvalue weighted by molar-refractivity contribution is 5.83. The van der Waals surface area contributed by atoms with Crippen molar-refractivity contribution in [2.75, 3.05) is 27.4 Å². The number of nitrogens with zero attached hydrogens (tertiary/aromatic N) is 1. The Balaban J connectivity index is 2.01. The fourth-order valence-electron chi connectivity index (χ4n) is 2.73. The normalized spacial score (nSPS) is 10.8. The molecule has 0 spiro atoms. The van der Waals surface area contributed by atoms with Crippen LogP contribution in [0.4, 0.5) is 0 Å². The summed E-state index contributed by atoms with van der Waals surface area (Å²) in [4.78, 5) is 8.00. The number of rotatable bonds is 8. The zero-order valence-electron chi connectivity index (χ0n) is 15.6. The van der Waals surface area contributed by atoms with Crippen LogP contribution >= 0.6 is 0 Å². The molecule has 0 aliphatic rings. The first-order chi connectivity index (χ1) is 12.7. The standard InChI is InChI=1S/C20H24N2O4/c1-5-9-26-16-8-7-13(10-19(16)25-6-2)20-21-14-11-17(23-3)18(24-4)12-15(14)22-20/h7-8,10-12H,5-6,9H2,1-4H3,(H,21,22). The van der Waals surface area contributed by atoms with Gasteiger partial charge in [-0.1, -0.05) is 6.92 Å². The zero-order chi connectivity index (χ0) is 18.5. The Bertz CT molecular complexity index is 848. The van der Waals surface area contributed by atoms with Gasteiger partial charge in [-0.25, -0.2) is 4.98 Å². The quantitative estimate of drug-likeness (QED) is 0.646. The van der Waals surface area contributed by atoms with E-state index in [2.05, 4.69) is 16.9 Å². The maximum Gasteiger partial charge on any atom is 0.163 e. The summed E-state index contributed by atoms with van der Waals surface area (Å²) in [7, 11) is 3.23. The van der Waals surface area contributed by atoms with E-state index in [0.29, 0.717) is 30.5 Å². The molecule has 0 saturated heterocycles. The van der Waals surface area contributed by atoms with E-state index in [1.807, 2.05) is 37.3 Å². The second-order valence-corrected chi connectivity index (χ2v) is 5.75. The van der Waals surface area contributed by atoms with E-state index < -0.39 is 0 Å². The van der Waals surface area contributed by atoms with Gasteiger partial charge in [-0.2, -0.15) is 0 Å². The third-order valence-corrected chi connectivity index (χ3v) is 3.97. The molecule has 2 aromatic carbocycles. The van der Waals surface area contributed by atoms with Crippen molar-refractivity contribution in [2.24, 2.45) is 0 Å². The predicted octanol–water partition coefficient (Wildman–Crippen LogP) is 4.43. The Morgan fingerprint density at radius 3 is 2.35 bits per heavy atom. The second-order valence-electron chi connectivity index (χ2n) is 5.75. The van der Waals surface area contributed by atoms with Gasteiger partial charge in [0.2, 0.25) is 0 Å². The molecule has 0 amide bonds. The summed E-state index contributed by atoms with van der Waals surface area (Å²) in [5.74, 6) is 3.52. The summed E-state index contributed by atoms with van der Waals surface area (Å²) >= 11 is 0. The molecule has 26 heavy (non-hydrogen) atoms. The maximum atomic E-state index is 5.76. The van der Waals surface area contributed by atoms with Crippen molar-refractivity contribution in [3.8, 4) is 34.4 Å². The van der Waals surface area contributed by atoms with Gasteiger partial charge in [0.15, 0.2) is 23.0 Å². The Labute approximate surface area is 153 Å². The van der Waals surface area contributed by atoms with Crippen LogP contribution < -0.4 is 18.9 Å². The van der Waals surface area contributed by atoms with Crippen LogP contribution in [0.2, 0.25) is 0 Å². The minimum atomic E-state index is 0.570. The number of benzene rings is 2. The van der Waals surface area contributed by atoms with Gasteiger partial charge in [0, 0.05) is 17.7 Å². The summed E-state index contributed by atoms with van der Waals surface area (Å²) in [6.07, 6.45) is 0.945. The van der Waals surface area contributed by atoms with Crippen molar-refractivity contribution in [3.63, 3.8) is 0 Å². The molecule has 6 nitrogen and oxygen atoms in total. The second kappa shape index (κ2) is 7.99. The molecule has 0 fully saturated rings. The van der Waals surface area contributed by atoms with E-state index in [4.69, 9.17) is 18.9 Å². The number of H-pyrrole nitrogens is 1. The lowest BCUT2D eigenvalue weighted by Crippen LogP contribution is -2.00. The number of ether oxygens (including phenoxy) is 4. The molecule has 0 saturated carbocycles. The molecule has 3 aromatic rings. The number of nitrogens with one attached hydrogen (secondary N) is 1. The van der Waals surface area contributed by atoms with Crippen LogP contribution in [0.5, 0.6) is 23.0 Å². The van der Waals surface area contributed by atoms with E-state index >= 15 is 0 Å². The lowest BCUT2D eigenvalue weighted by Gasteiger charge is -2.12. The monoisotopic (exact) mass is 356 g/mol. The summed E-state index contributed by atoms with van der Waals surface area (Å²) in [5.41, 5.74) is 2.61. The third-order valence-electron chi connectivity index (χ3n) is 3.97. The van der Waals surface area contributed by atoms with Crippen molar-refractivity contribution in [3.05, 3.63) is 30.3 Å². The van der Waals surface area contributed by atoms with E-state index in [9.17, 15) is 0 Å². The number of methoxy groups -OCH3 is 2. The van der Waals surface area contributed by atoms with Crippen molar-refractivity contribution >= 4 is 11.0 Å². The number of hydrogen-bond acceptors (Lipinski definition) is 5. The Kier molecular flexibility index (Phi) is 5.51. The average molecular weight is 356 g/mol. The smallest absolute Gasteiger partial charge is 0.163 e. The lowest BCUT2D eigenvalue weighted by atomic mass is 10.2. The third kappa shape index (κ3) is 3.54. The first-order valence-electron chi connectivity index (χ1n) is 8.71. The van der Waals surface area contributed by atoms with Gasteiger partial charge < -0.3 is 23.9 Å². The van der Waals surface area contributed by atoms with Crippen molar-refractivity contribution < 1.29 is 18.9 Å². The van der Waals surface area contributed by atoms with Gasteiger partial charge in [0.1, 0.15) is 5.82 Å². The minimum Gasteiger partial charge on any atom is -0.493 e. The van der Waals surface area contributed by atoms with Gasteiger partial charge in [0.05, 0.1) is 38.5 Å². The SMILES string of the molecule is CCCOc1ccc(-c2nc3cc(OC)c(OC)cc3[nH]2)cc1OCC. The highest BCUT2D eigenvalue weighted by Gasteiger charge is 2.13. The molecule has 0 aliphatic heterocycles. The van der Waals surface area contributed by atoms with Crippen LogP contribution in [-0.4, -0.2) is 37.4 Å². The van der Waals surface area contributed by atoms with Gasteiger partial charge in [-0.3, -0.25) is 0 Å². The van der Waals surface area contributed by atoms with Crippen molar-refractivity contribution in [2.45, 2.75) is 20.3 Å². The number of fused-ring (bicyclic) bond motifs is 1. The Morgan fingerprint density at radius 2 is 1.65 bits per heavy atom. The van der Waals surface area contributed by atoms with Crippen LogP contribution in [0.25, 0.3) is 22.4 Å². The highest BCUT2D eigenvalue weighted by Crippen LogP contribution is 2.35. The summed E-state index contributed by atoms with van der Waals surface area (Å²) in [6, 6.07) is 9.58. The molecule has 0 unspecified atom stereocenters. The molecule has 6 heteroatoms. The van der Waals surface area contributed by atoms with Crippen molar-refractivity contribution in [1.29, 1.82) is 0 Å². The molecular formula is C20H24N2O4. The van der Waals surface area contributed by atoms with E-state index in [-0.39, 0.29) is 0 Å². The number of imidazole rings is 1. The Morgan fingerprint density at radius 1 is 0.885 bits per heavy atom. The number of aromatic nitrogens is 2. The fraction of sp³-hybridized carbons (Fsp3) is 0.350. The molecule has 0 aliphatic carbocycles. The van der Waals surface area contributed by atoms with Gasteiger partial charge in [0.25, 0.3) is 0 Å². The average Bonchev–Trinajstić information content (AvgIpc) is 3.08. The number of aromatic amines is 1. The molecule has 1 aromatic heterocycles. The largest absolute Gasteiger partial charge is 0.493 e. The van der Waals surface area contributed by atoms with E-state index in [0.717, 1.165) is 34.6 Å². The molecule has 1 heterocycles. The molecule has 1 N–H and O–H groups in total. The van der Waals surface area contributed by atoms with Crippen LogP contribution in [0.3, 0.4) is 0 Å². The van der Waals surface area contributed by atoms with Gasteiger partial charge in [-0.05, 0) is 31.5 Å². The topological polar surface area (TPSA) is 65.6 Å². The van der Waals surface area contributed by atoms with Gasteiger partial charge in [-0.15, -0.1) is 0 Å². The van der Waals surface area contributed by atoms with Crippen molar-refractivity contribution in [1.82, 2.24) is 9.97 Å². The van der Waals surface area contributed by atoms with Crippen LogP contribution in [0.1, 0.15) is 20.3 Å². The van der Waals surface area contributed by atoms with Crippen LogP contribution in [0.15, 0.2) is 30.3 Å².